The van der Waals surface area contributed by atoms with E-state index in [0.29, 0.717) is 13.0 Å². The number of carbonyl (C=O) groups excluding carboxylic acids is 2. The van der Waals surface area contributed by atoms with Crippen molar-refractivity contribution in [3.63, 3.8) is 0 Å². The van der Waals surface area contributed by atoms with Crippen LogP contribution in [0.3, 0.4) is 0 Å². The molecule has 0 radical (unpaired) electrons. The molecular weight excluding hydrogens is 462 g/mol. The molecule has 2 aromatic carbocycles. The quantitative estimate of drug-likeness (QED) is 0.686. The lowest BCUT2D eigenvalue weighted by molar-refractivity contribution is -0.123. The van der Waals surface area contributed by atoms with Gasteiger partial charge in [0, 0.05) is 43.3 Å². The lowest BCUT2D eigenvalue weighted by Gasteiger charge is -2.30. The third-order valence-corrected chi connectivity index (χ3v) is 9.25. The molecule has 2 heterocycles. The van der Waals surface area contributed by atoms with Crippen LogP contribution in [0.1, 0.15) is 50.7 Å². The molecule has 2 aliphatic heterocycles. The molecular formula is C27H33N3O4S. The Morgan fingerprint density at radius 3 is 2.49 bits per heavy atom. The zero-order valence-electron chi connectivity index (χ0n) is 20.4. The molecule has 0 aromatic heterocycles. The second-order valence-corrected chi connectivity index (χ2v) is 11.9. The standard InChI is InChI=1S/C27H33N3O4S/c1-18-15-23-16-24(11-12-26(23)30(18)19(2)31)35(33,34)28-17-20-7-9-22(10-8-20)27(32)29-14-13-21-5-3-4-6-25(21)29/h3-6,11-12,16,18,20,22,28H,7-10,13-15,17H2,1-2H3/t18-,20?,22?/m0/s1. The highest BCUT2D eigenvalue weighted by molar-refractivity contribution is 7.89. The summed E-state index contributed by atoms with van der Waals surface area (Å²) < 4.78 is 28.8. The average molecular weight is 496 g/mol. The molecule has 1 saturated carbocycles. The molecule has 35 heavy (non-hydrogen) atoms. The van der Waals surface area contributed by atoms with E-state index in [1.807, 2.05) is 30.0 Å². The van der Waals surface area contributed by atoms with E-state index in [0.717, 1.165) is 55.6 Å². The van der Waals surface area contributed by atoms with Gasteiger partial charge in [-0.05, 0) is 86.8 Å². The van der Waals surface area contributed by atoms with Crippen molar-refractivity contribution in [2.45, 2.75) is 63.3 Å². The first kappa shape index (κ1) is 24.0. The zero-order chi connectivity index (χ0) is 24.7. The molecule has 186 valence electrons. The van der Waals surface area contributed by atoms with Crippen LogP contribution in [-0.4, -0.2) is 39.4 Å². The number of sulfonamides is 1. The Balaban J connectivity index is 1.16. The van der Waals surface area contributed by atoms with Crippen molar-refractivity contribution >= 4 is 33.2 Å². The fraction of sp³-hybridized carbons (Fsp3) is 0.481. The van der Waals surface area contributed by atoms with Gasteiger partial charge in [-0.15, -0.1) is 0 Å². The van der Waals surface area contributed by atoms with Crippen molar-refractivity contribution in [2.24, 2.45) is 11.8 Å². The summed E-state index contributed by atoms with van der Waals surface area (Å²) >= 11 is 0. The van der Waals surface area contributed by atoms with Crippen LogP contribution < -0.4 is 14.5 Å². The Labute approximate surface area is 207 Å². The van der Waals surface area contributed by atoms with Gasteiger partial charge in [-0.25, -0.2) is 13.1 Å². The highest BCUT2D eigenvalue weighted by Crippen LogP contribution is 2.36. The number of hydrogen-bond acceptors (Lipinski definition) is 4. The van der Waals surface area contributed by atoms with Gasteiger partial charge in [0.25, 0.3) is 0 Å². The summed E-state index contributed by atoms with van der Waals surface area (Å²) in [6.07, 6.45) is 4.82. The molecule has 0 bridgehead atoms. The van der Waals surface area contributed by atoms with E-state index in [9.17, 15) is 18.0 Å². The first-order chi connectivity index (χ1) is 16.7. The fourth-order valence-corrected chi connectivity index (χ4v) is 7.13. The molecule has 1 fully saturated rings. The van der Waals surface area contributed by atoms with Crippen LogP contribution in [0.25, 0.3) is 0 Å². The first-order valence-corrected chi connectivity index (χ1v) is 14.0. The van der Waals surface area contributed by atoms with E-state index in [1.54, 1.807) is 23.1 Å². The summed E-state index contributed by atoms with van der Waals surface area (Å²) in [6.45, 7) is 4.63. The Hall–Kier alpha value is -2.71. The van der Waals surface area contributed by atoms with Crippen LogP contribution in [0.15, 0.2) is 47.4 Å². The zero-order valence-corrected chi connectivity index (χ0v) is 21.2. The Bertz CT molecular complexity index is 1250. The van der Waals surface area contributed by atoms with Crippen LogP contribution in [0, 0.1) is 11.8 Å². The predicted molar refractivity (Wildman–Crippen MR) is 136 cm³/mol. The van der Waals surface area contributed by atoms with E-state index in [-0.39, 0.29) is 34.6 Å². The molecule has 0 saturated heterocycles. The van der Waals surface area contributed by atoms with E-state index < -0.39 is 10.0 Å². The summed E-state index contributed by atoms with van der Waals surface area (Å²) in [4.78, 5) is 29.0. The van der Waals surface area contributed by atoms with Crippen molar-refractivity contribution in [3.05, 3.63) is 53.6 Å². The van der Waals surface area contributed by atoms with Crippen LogP contribution in [-0.2, 0) is 32.5 Å². The maximum absolute atomic E-state index is 13.1. The van der Waals surface area contributed by atoms with Gasteiger partial charge >= 0.3 is 0 Å². The normalized spacial score (nSPS) is 23.8. The number of nitrogens with zero attached hydrogens (tertiary/aromatic N) is 2. The number of rotatable bonds is 5. The lowest BCUT2D eigenvalue weighted by atomic mass is 9.81. The summed E-state index contributed by atoms with van der Waals surface area (Å²) in [6, 6.07) is 13.2. The largest absolute Gasteiger partial charge is 0.312 e. The molecule has 2 aromatic rings. The molecule has 3 aliphatic rings. The van der Waals surface area contributed by atoms with Crippen LogP contribution in [0.4, 0.5) is 11.4 Å². The van der Waals surface area contributed by atoms with Crippen molar-refractivity contribution in [1.29, 1.82) is 0 Å². The summed E-state index contributed by atoms with van der Waals surface area (Å²) in [5, 5.41) is 0. The fourth-order valence-electron chi connectivity index (χ4n) is 5.97. The van der Waals surface area contributed by atoms with Crippen molar-refractivity contribution in [3.8, 4) is 0 Å². The van der Waals surface area contributed by atoms with Crippen molar-refractivity contribution < 1.29 is 18.0 Å². The smallest absolute Gasteiger partial charge is 0.240 e. The highest BCUT2D eigenvalue weighted by Gasteiger charge is 2.34. The van der Waals surface area contributed by atoms with E-state index >= 15 is 0 Å². The van der Waals surface area contributed by atoms with E-state index in [1.165, 1.54) is 12.5 Å². The number of nitrogens with one attached hydrogen (secondary N) is 1. The molecule has 0 unspecified atom stereocenters. The molecule has 7 nitrogen and oxygen atoms in total. The second kappa shape index (κ2) is 9.39. The number of benzene rings is 2. The summed E-state index contributed by atoms with van der Waals surface area (Å²) in [7, 11) is -3.64. The molecule has 5 rings (SSSR count). The van der Waals surface area contributed by atoms with Gasteiger partial charge in [0.1, 0.15) is 0 Å². The number of fused-ring (bicyclic) bond motifs is 2. The minimum Gasteiger partial charge on any atom is -0.312 e. The number of anilines is 2. The highest BCUT2D eigenvalue weighted by atomic mass is 32.2. The topological polar surface area (TPSA) is 86.8 Å². The Morgan fingerprint density at radius 1 is 1.00 bits per heavy atom. The summed E-state index contributed by atoms with van der Waals surface area (Å²) in [5.74, 6) is 0.410. The maximum atomic E-state index is 13.1. The van der Waals surface area contributed by atoms with E-state index in [4.69, 9.17) is 0 Å². The third kappa shape index (κ3) is 4.61. The number of carbonyl (C=O) groups is 2. The van der Waals surface area contributed by atoms with Crippen molar-refractivity contribution in [1.82, 2.24) is 4.72 Å². The van der Waals surface area contributed by atoms with Crippen LogP contribution >= 0.6 is 0 Å². The molecule has 0 spiro atoms. The number of amides is 2. The maximum Gasteiger partial charge on any atom is 0.240 e. The van der Waals surface area contributed by atoms with Gasteiger partial charge in [0.05, 0.1) is 4.90 Å². The van der Waals surface area contributed by atoms with Gasteiger partial charge in [-0.2, -0.15) is 0 Å². The monoisotopic (exact) mass is 495 g/mol. The van der Waals surface area contributed by atoms with Crippen LogP contribution in [0.2, 0.25) is 0 Å². The molecule has 8 heteroatoms. The second-order valence-electron chi connectivity index (χ2n) is 10.2. The molecule has 1 aliphatic carbocycles. The average Bonchev–Trinajstić information content (AvgIpc) is 3.42. The molecule has 2 amide bonds. The lowest BCUT2D eigenvalue weighted by Crippen LogP contribution is -2.38. The molecule has 1 atom stereocenters. The number of hydrogen-bond donors (Lipinski definition) is 1. The predicted octanol–water partition coefficient (Wildman–Crippen LogP) is 3.66. The van der Waals surface area contributed by atoms with Gasteiger partial charge in [-0.1, -0.05) is 18.2 Å². The minimum absolute atomic E-state index is 0.0111. The SMILES string of the molecule is CC(=O)N1c2ccc(S(=O)(=O)NCC3CCC(C(=O)N4CCc5ccccc54)CC3)cc2C[C@@H]1C. The Morgan fingerprint density at radius 2 is 1.74 bits per heavy atom. The van der Waals surface area contributed by atoms with Crippen molar-refractivity contribution in [2.75, 3.05) is 22.9 Å². The van der Waals surface area contributed by atoms with Gasteiger partial charge in [0.2, 0.25) is 21.8 Å². The van der Waals surface area contributed by atoms with E-state index in [2.05, 4.69) is 10.8 Å². The van der Waals surface area contributed by atoms with Crippen LogP contribution in [0.5, 0.6) is 0 Å². The Kier molecular flexibility index (Phi) is 6.44. The minimum atomic E-state index is -3.64. The molecule has 1 N–H and O–H groups in total. The van der Waals surface area contributed by atoms with Gasteiger partial charge in [-0.3, -0.25) is 9.59 Å². The number of para-hydroxylation sites is 1. The third-order valence-electron chi connectivity index (χ3n) is 7.83. The van der Waals surface area contributed by atoms with Gasteiger partial charge < -0.3 is 9.80 Å². The van der Waals surface area contributed by atoms with Gasteiger partial charge in [0.15, 0.2) is 0 Å². The summed E-state index contributed by atoms with van der Waals surface area (Å²) in [5.41, 5.74) is 3.96. The first-order valence-electron chi connectivity index (χ1n) is 12.6.